The Labute approximate surface area is 104 Å². The minimum atomic E-state index is -0.571. The Morgan fingerprint density at radius 1 is 1.33 bits per heavy atom. The maximum Gasteiger partial charge on any atom is 0.152 e. The van der Waals surface area contributed by atoms with Crippen LogP contribution in [0.2, 0.25) is 0 Å². The van der Waals surface area contributed by atoms with Gasteiger partial charge in [-0.3, -0.25) is 0 Å². The summed E-state index contributed by atoms with van der Waals surface area (Å²) in [5.41, 5.74) is 0.361. The first-order valence-electron chi connectivity index (χ1n) is 5.74. The van der Waals surface area contributed by atoms with Gasteiger partial charge in [0.15, 0.2) is 5.82 Å². The van der Waals surface area contributed by atoms with Gasteiger partial charge in [0.1, 0.15) is 17.3 Å². The van der Waals surface area contributed by atoms with Crippen molar-refractivity contribution in [3.63, 3.8) is 0 Å². The summed E-state index contributed by atoms with van der Waals surface area (Å²) >= 11 is 0. The summed E-state index contributed by atoms with van der Waals surface area (Å²) in [6.07, 6.45) is 4.14. The predicted octanol–water partition coefficient (Wildman–Crippen LogP) is 2.66. The third kappa shape index (κ3) is 2.50. The van der Waals surface area contributed by atoms with E-state index >= 15 is 0 Å². The lowest BCUT2D eigenvalue weighted by atomic mass is 10.2. The highest BCUT2D eigenvalue weighted by Gasteiger charge is 2.10. The Bertz CT molecular complexity index is 549. The summed E-state index contributed by atoms with van der Waals surface area (Å²) in [4.78, 5) is 4.14. The molecule has 1 aromatic heterocycles. The van der Waals surface area contributed by atoms with Crippen molar-refractivity contribution in [2.45, 2.75) is 13.3 Å². The van der Waals surface area contributed by atoms with Crippen LogP contribution >= 0.6 is 0 Å². The SMILES string of the molecule is Cc1ccc(F)c(NCCc2nccn2C)c1F. The molecule has 0 saturated carbocycles. The Kier molecular flexibility index (Phi) is 3.60. The molecule has 18 heavy (non-hydrogen) atoms. The number of aromatic nitrogens is 2. The molecule has 3 nitrogen and oxygen atoms in total. The van der Waals surface area contributed by atoms with E-state index in [1.54, 1.807) is 13.1 Å². The van der Waals surface area contributed by atoms with Crippen molar-refractivity contribution in [3.8, 4) is 0 Å². The van der Waals surface area contributed by atoms with Gasteiger partial charge in [-0.15, -0.1) is 0 Å². The number of nitrogens with zero attached hydrogens (tertiary/aromatic N) is 2. The van der Waals surface area contributed by atoms with E-state index in [-0.39, 0.29) is 5.69 Å². The molecule has 0 aliphatic carbocycles. The van der Waals surface area contributed by atoms with Crippen molar-refractivity contribution < 1.29 is 8.78 Å². The van der Waals surface area contributed by atoms with Gasteiger partial charge in [-0.25, -0.2) is 13.8 Å². The molecule has 2 aromatic rings. The second-order valence-corrected chi connectivity index (χ2v) is 4.18. The van der Waals surface area contributed by atoms with Gasteiger partial charge in [0.25, 0.3) is 0 Å². The summed E-state index contributed by atoms with van der Waals surface area (Å²) < 4.78 is 29.0. The van der Waals surface area contributed by atoms with Crippen LogP contribution in [0.1, 0.15) is 11.4 Å². The Balaban J connectivity index is 2.03. The van der Waals surface area contributed by atoms with E-state index in [0.717, 1.165) is 5.82 Å². The second kappa shape index (κ2) is 5.16. The second-order valence-electron chi connectivity index (χ2n) is 4.18. The van der Waals surface area contributed by atoms with Gasteiger partial charge < -0.3 is 9.88 Å². The number of benzene rings is 1. The number of hydrogen-bond donors (Lipinski definition) is 1. The van der Waals surface area contributed by atoms with Crippen molar-refractivity contribution in [1.82, 2.24) is 9.55 Å². The molecule has 0 aliphatic rings. The van der Waals surface area contributed by atoms with Gasteiger partial charge in [0.05, 0.1) is 0 Å². The highest BCUT2D eigenvalue weighted by molar-refractivity contribution is 5.48. The number of halogens is 2. The van der Waals surface area contributed by atoms with Gasteiger partial charge in [-0.1, -0.05) is 6.07 Å². The fraction of sp³-hybridized carbons (Fsp3) is 0.308. The van der Waals surface area contributed by atoms with Crippen LogP contribution < -0.4 is 5.32 Å². The monoisotopic (exact) mass is 251 g/mol. The molecule has 1 N–H and O–H groups in total. The zero-order chi connectivity index (χ0) is 13.1. The van der Waals surface area contributed by atoms with Crippen LogP contribution in [0.5, 0.6) is 0 Å². The third-order valence-corrected chi connectivity index (χ3v) is 2.86. The molecular weight excluding hydrogens is 236 g/mol. The van der Waals surface area contributed by atoms with Crippen LogP contribution in [0.4, 0.5) is 14.5 Å². The summed E-state index contributed by atoms with van der Waals surface area (Å²) in [5.74, 6) is -0.233. The van der Waals surface area contributed by atoms with Gasteiger partial charge in [0, 0.05) is 32.4 Å². The molecule has 0 radical (unpaired) electrons. The number of anilines is 1. The van der Waals surface area contributed by atoms with Crippen LogP contribution in [0.25, 0.3) is 0 Å². The quantitative estimate of drug-likeness (QED) is 0.905. The number of aryl methyl sites for hydroxylation is 2. The normalized spacial score (nSPS) is 10.7. The lowest BCUT2D eigenvalue weighted by Gasteiger charge is -2.10. The molecule has 2 rings (SSSR count). The first-order chi connectivity index (χ1) is 8.59. The molecule has 1 heterocycles. The van der Waals surface area contributed by atoms with Crippen LogP contribution in [0.3, 0.4) is 0 Å². The average molecular weight is 251 g/mol. The maximum absolute atomic E-state index is 13.7. The molecule has 5 heteroatoms. The first-order valence-corrected chi connectivity index (χ1v) is 5.74. The Hall–Kier alpha value is -1.91. The fourth-order valence-electron chi connectivity index (χ4n) is 1.76. The van der Waals surface area contributed by atoms with E-state index in [1.807, 2.05) is 17.8 Å². The minimum Gasteiger partial charge on any atom is -0.380 e. The summed E-state index contributed by atoms with van der Waals surface area (Å²) in [5, 5.41) is 2.78. The van der Waals surface area contributed by atoms with Crippen LogP contribution in [0.15, 0.2) is 24.5 Å². The van der Waals surface area contributed by atoms with Crippen LogP contribution in [-0.2, 0) is 13.5 Å². The summed E-state index contributed by atoms with van der Waals surface area (Å²) in [7, 11) is 1.89. The minimum absolute atomic E-state index is 0.0655. The van der Waals surface area contributed by atoms with Crippen molar-refractivity contribution in [1.29, 1.82) is 0 Å². The van der Waals surface area contributed by atoms with Gasteiger partial charge >= 0.3 is 0 Å². The molecule has 0 atom stereocenters. The molecule has 96 valence electrons. The van der Waals surface area contributed by atoms with Crippen molar-refractivity contribution >= 4 is 5.69 Å². The van der Waals surface area contributed by atoms with E-state index in [4.69, 9.17) is 0 Å². The molecule has 0 fully saturated rings. The van der Waals surface area contributed by atoms with E-state index in [2.05, 4.69) is 10.3 Å². The average Bonchev–Trinajstić information content (AvgIpc) is 2.74. The highest BCUT2D eigenvalue weighted by Crippen LogP contribution is 2.21. The first kappa shape index (κ1) is 12.5. The molecule has 0 saturated heterocycles. The van der Waals surface area contributed by atoms with Crippen molar-refractivity contribution in [2.75, 3.05) is 11.9 Å². The lowest BCUT2D eigenvalue weighted by molar-refractivity contribution is 0.582. The lowest BCUT2D eigenvalue weighted by Crippen LogP contribution is -2.11. The number of rotatable bonds is 4. The van der Waals surface area contributed by atoms with Gasteiger partial charge in [0.2, 0.25) is 0 Å². The standard InChI is InChI=1S/C13H15F2N3/c1-9-3-4-10(14)13(12(9)15)17-6-5-11-16-7-8-18(11)2/h3-4,7-8,17H,5-6H2,1-2H3. The van der Waals surface area contributed by atoms with E-state index in [9.17, 15) is 8.78 Å². The zero-order valence-electron chi connectivity index (χ0n) is 10.4. The van der Waals surface area contributed by atoms with E-state index in [0.29, 0.717) is 18.5 Å². The highest BCUT2D eigenvalue weighted by atomic mass is 19.1. The van der Waals surface area contributed by atoms with Crippen LogP contribution in [-0.4, -0.2) is 16.1 Å². The molecule has 0 amide bonds. The van der Waals surface area contributed by atoms with Crippen molar-refractivity contribution in [3.05, 3.63) is 47.5 Å². The van der Waals surface area contributed by atoms with Gasteiger partial charge in [-0.05, 0) is 18.6 Å². The zero-order valence-corrected chi connectivity index (χ0v) is 10.4. The smallest absolute Gasteiger partial charge is 0.152 e. The molecule has 1 aromatic carbocycles. The molecule has 0 aliphatic heterocycles. The number of hydrogen-bond acceptors (Lipinski definition) is 2. The predicted molar refractivity (Wildman–Crippen MR) is 66.5 cm³/mol. The molecular formula is C13H15F2N3. The van der Waals surface area contributed by atoms with Crippen LogP contribution in [0, 0.1) is 18.6 Å². The third-order valence-electron chi connectivity index (χ3n) is 2.86. The number of nitrogens with one attached hydrogen (secondary N) is 1. The summed E-state index contributed by atoms with van der Waals surface area (Å²) in [6, 6.07) is 2.69. The molecule has 0 bridgehead atoms. The van der Waals surface area contributed by atoms with Crippen molar-refractivity contribution in [2.24, 2.45) is 7.05 Å². The Morgan fingerprint density at radius 2 is 2.11 bits per heavy atom. The maximum atomic E-state index is 13.7. The van der Waals surface area contributed by atoms with E-state index < -0.39 is 11.6 Å². The summed E-state index contributed by atoms with van der Waals surface area (Å²) in [6.45, 7) is 2.04. The Morgan fingerprint density at radius 3 is 2.78 bits per heavy atom. The topological polar surface area (TPSA) is 29.9 Å². The molecule has 0 unspecified atom stereocenters. The number of imidazole rings is 1. The molecule has 0 spiro atoms. The fourth-order valence-corrected chi connectivity index (χ4v) is 1.76. The van der Waals surface area contributed by atoms with Gasteiger partial charge in [-0.2, -0.15) is 0 Å². The largest absolute Gasteiger partial charge is 0.380 e. The van der Waals surface area contributed by atoms with E-state index in [1.165, 1.54) is 12.1 Å².